The minimum atomic E-state index is -1.08. The lowest BCUT2D eigenvalue weighted by Crippen LogP contribution is -2.01. The standard InChI is InChI=1S/C10H7ClN2O2/c11-9-8(10(14)15)7(2-4-13-9)6-1-3-12-5-6/h1-5,12H,(H,14,15). The first-order valence-corrected chi connectivity index (χ1v) is 4.59. The number of halogens is 1. The number of nitrogens with one attached hydrogen (secondary N) is 1. The van der Waals surface area contributed by atoms with Crippen LogP contribution < -0.4 is 0 Å². The van der Waals surface area contributed by atoms with E-state index in [0.717, 1.165) is 5.56 Å². The maximum absolute atomic E-state index is 11.0. The van der Waals surface area contributed by atoms with Crippen LogP contribution in [0.15, 0.2) is 30.7 Å². The zero-order valence-corrected chi connectivity index (χ0v) is 8.32. The Morgan fingerprint density at radius 1 is 1.47 bits per heavy atom. The fourth-order valence-corrected chi connectivity index (χ4v) is 1.61. The lowest BCUT2D eigenvalue weighted by Gasteiger charge is -2.04. The molecule has 2 heterocycles. The Labute approximate surface area is 90.5 Å². The third-order valence-corrected chi connectivity index (χ3v) is 2.31. The van der Waals surface area contributed by atoms with Crippen LogP contribution in [0.2, 0.25) is 5.15 Å². The van der Waals surface area contributed by atoms with Gasteiger partial charge in [0.15, 0.2) is 0 Å². The summed E-state index contributed by atoms with van der Waals surface area (Å²) in [7, 11) is 0. The van der Waals surface area contributed by atoms with Crippen LogP contribution >= 0.6 is 11.6 Å². The van der Waals surface area contributed by atoms with Gasteiger partial charge in [0.1, 0.15) is 10.7 Å². The van der Waals surface area contributed by atoms with E-state index in [9.17, 15) is 4.79 Å². The zero-order chi connectivity index (χ0) is 10.8. The zero-order valence-electron chi connectivity index (χ0n) is 7.57. The average Bonchev–Trinajstić information content (AvgIpc) is 2.69. The minimum Gasteiger partial charge on any atom is -0.478 e. The number of carbonyl (C=O) groups is 1. The number of aromatic amines is 1. The van der Waals surface area contributed by atoms with Crippen molar-refractivity contribution in [2.45, 2.75) is 0 Å². The van der Waals surface area contributed by atoms with E-state index in [1.807, 2.05) is 0 Å². The summed E-state index contributed by atoms with van der Waals surface area (Å²) >= 11 is 5.74. The monoisotopic (exact) mass is 222 g/mol. The first-order chi connectivity index (χ1) is 7.20. The predicted molar refractivity (Wildman–Crippen MR) is 56.0 cm³/mol. The molecule has 0 saturated heterocycles. The van der Waals surface area contributed by atoms with Crippen LogP contribution in [0.3, 0.4) is 0 Å². The number of pyridine rings is 1. The fraction of sp³-hybridized carbons (Fsp3) is 0. The van der Waals surface area contributed by atoms with E-state index < -0.39 is 5.97 Å². The Kier molecular flexibility index (Phi) is 2.43. The van der Waals surface area contributed by atoms with Gasteiger partial charge in [-0.3, -0.25) is 0 Å². The van der Waals surface area contributed by atoms with Gasteiger partial charge in [-0.2, -0.15) is 0 Å². The highest BCUT2D eigenvalue weighted by atomic mass is 35.5. The largest absolute Gasteiger partial charge is 0.478 e. The molecule has 0 fully saturated rings. The molecule has 0 spiro atoms. The summed E-state index contributed by atoms with van der Waals surface area (Å²) in [5.41, 5.74) is 1.36. The molecule has 0 saturated carbocycles. The van der Waals surface area contributed by atoms with Crippen LogP contribution in [0.4, 0.5) is 0 Å². The molecule has 0 atom stereocenters. The summed E-state index contributed by atoms with van der Waals surface area (Å²) in [6, 6.07) is 3.40. The molecule has 0 aromatic carbocycles. The van der Waals surface area contributed by atoms with Gasteiger partial charge in [0.25, 0.3) is 0 Å². The van der Waals surface area contributed by atoms with Crippen LogP contribution in [0.25, 0.3) is 11.1 Å². The van der Waals surface area contributed by atoms with Gasteiger partial charge in [0.2, 0.25) is 0 Å². The molecule has 5 heteroatoms. The van der Waals surface area contributed by atoms with Gasteiger partial charge in [-0.25, -0.2) is 9.78 Å². The quantitative estimate of drug-likeness (QED) is 0.767. The molecule has 0 amide bonds. The molecular weight excluding hydrogens is 216 g/mol. The topological polar surface area (TPSA) is 66.0 Å². The molecule has 2 N–H and O–H groups in total. The fourth-order valence-electron chi connectivity index (χ4n) is 1.37. The van der Waals surface area contributed by atoms with Crippen molar-refractivity contribution in [3.63, 3.8) is 0 Å². The van der Waals surface area contributed by atoms with Gasteiger partial charge in [-0.05, 0) is 12.1 Å². The lowest BCUT2D eigenvalue weighted by molar-refractivity contribution is 0.0697. The van der Waals surface area contributed by atoms with Crippen LogP contribution in [-0.2, 0) is 0 Å². The molecule has 76 valence electrons. The van der Waals surface area contributed by atoms with Crippen molar-refractivity contribution >= 4 is 17.6 Å². The van der Waals surface area contributed by atoms with Crippen LogP contribution in [-0.4, -0.2) is 21.0 Å². The summed E-state index contributed by atoms with van der Waals surface area (Å²) in [6.07, 6.45) is 4.91. The third-order valence-electron chi connectivity index (χ3n) is 2.03. The number of hydrogen-bond acceptors (Lipinski definition) is 2. The van der Waals surface area contributed by atoms with Crippen molar-refractivity contribution in [3.8, 4) is 11.1 Å². The van der Waals surface area contributed by atoms with Gasteiger partial charge in [0.05, 0.1) is 0 Å². The maximum atomic E-state index is 11.0. The summed E-state index contributed by atoms with van der Waals surface area (Å²) in [6.45, 7) is 0. The molecule has 0 aliphatic rings. The molecule has 0 aliphatic carbocycles. The first-order valence-electron chi connectivity index (χ1n) is 4.21. The highest BCUT2D eigenvalue weighted by Crippen LogP contribution is 2.27. The number of hydrogen-bond donors (Lipinski definition) is 2. The van der Waals surface area contributed by atoms with Crippen LogP contribution in [0, 0.1) is 0 Å². The van der Waals surface area contributed by atoms with Crippen molar-refractivity contribution in [1.82, 2.24) is 9.97 Å². The van der Waals surface area contributed by atoms with Crippen molar-refractivity contribution in [2.75, 3.05) is 0 Å². The summed E-state index contributed by atoms with van der Waals surface area (Å²) in [4.78, 5) is 17.6. The number of H-pyrrole nitrogens is 1. The number of carboxylic acids is 1. The summed E-state index contributed by atoms with van der Waals surface area (Å²) in [5.74, 6) is -1.08. The minimum absolute atomic E-state index is 0.00111. The van der Waals surface area contributed by atoms with E-state index >= 15 is 0 Å². The van der Waals surface area contributed by atoms with E-state index in [0.29, 0.717) is 5.56 Å². The average molecular weight is 223 g/mol. The van der Waals surface area contributed by atoms with Gasteiger partial charge < -0.3 is 10.1 Å². The molecule has 2 aromatic rings. The lowest BCUT2D eigenvalue weighted by atomic mass is 10.1. The van der Waals surface area contributed by atoms with Crippen LogP contribution in [0.1, 0.15) is 10.4 Å². The molecule has 0 unspecified atom stereocenters. The second-order valence-corrected chi connectivity index (χ2v) is 3.29. The highest BCUT2D eigenvalue weighted by molar-refractivity contribution is 6.33. The Morgan fingerprint density at radius 2 is 2.27 bits per heavy atom. The first kappa shape index (κ1) is 9.73. The SMILES string of the molecule is O=C(O)c1c(-c2cc[nH]c2)ccnc1Cl. The molecule has 2 rings (SSSR count). The number of nitrogens with zero attached hydrogens (tertiary/aromatic N) is 1. The summed E-state index contributed by atoms with van der Waals surface area (Å²) in [5, 5.41) is 9.01. The molecule has 0 aliphatic heterocycles. The van der Waals surface area contributed by atoms with E-state index in [1.165, 1.54) is 6.20 Å². The van der Waals surface area contributed by atoms with Crippen LogP contribution in [0.5, 0.6) is 0 Å². The van der Waals surface area contributed by atoms with Gasteiger partial charge in [-0.1, -0.05) is 11.6 Å². The maximum Gasteiger partial charge on any atom is 0.339 e. The van der Waals surface area contributed by atoms with Crippen molar-refractivity contribution in [2.24, 2.45) is 0 Å². The molecular formula is C10H7ClN2O2. The number of carboxylic acid groups (broad SMARTS) is 1. The molecule has 0 radical (unpaired) electrons. The predicted octanol–water partition coefficient (Wildman–Crippen LogP) is 2.43. The number of aromatic carboxylic acids is 1. The normalized spacial score (nSPS) is 10.2. The third kappa shape index (κ3) is 1.71. The number of aromatic nitrogens is 2. The Hall–Kier alpha value is -1.81. The van der Waals surface area contributed by atoms with Crippen molar-refractivity contribution in [1.29, 1.82) is 0 Å². The van der Waals surface area contributed by atoms with Gasteiger partial charge in [-0.15, -0.1) is 0 Å². The Morgan fingerprint density at radius 3 is 2.87 bits per heavy atom. The second-order valence-electron chi connectivity index (χ2n) is 2.93. The second kappa shape index (κ2) is 3.74. The van der Waals surface area contributed by atoms with E-state index in [1.54, 1.807) is 24.5 Å². The molecule has 2 aromatic heterocycles. The van der Waals surface area contributed by atoms with E-state index in [4.69, 9.17) is 16.7 Å². The molecule has 4 nitrogen and oxygen atoms in total. The molecule has 15 heavy (non-hydrogen) atoms. The summed E-state index contributed by atoms with van der Waals surface area (Å²) < 4.78 is 0. The van der Waals surface area contributed by atoms with E-state index in [-0.39, 0.29) is 10.7 Å². The Balaban J connectivity index is 2.66. The van der Waals surface area contributed by atoms with Gasteiger partial charge in [0, 0.05) is 29.7 Å². The Bertz CT molecular complexity index is 494. The smallest absolute Gasteiger partial charge is 0.339 e. The van der Waals surface area contributed by atoms with Gasteiger partial charge >= 0.3 is 5.97 Å². The van der Waals surface area contributed by atoms with Crippen molar-refractivity contribution < 1.29 is 9.90 Å². The number of rotatable bonds is 2. The van der Waals surface area contributed by atoms with E-state index in [2.05, 4.69) is 9.97 Å². The van der Waals surface area contributed by atoms with Crippen molar-refractivity contribution in [3.05, 3.63) is 41.4 Å². The molecule has 0 bridgehead atoms. The highest BCUT2D eigenvalue weighted by Gasteiger charge is 2.16.